The number of aliphatic imine (C=N–C) groups is 1. The largest absolute Gasteiger partial charge is 0.493 e. The first-order valence-corrected chi connectivity index (χ1v) is 9.17. The molecule has 1 amide bonds. The molecule has 0 unspecified atom stereocenters. The number of nitrogens with one attached hydrogen (secondary N) is 1. The lowest BCUT2D eigenvalue weighted by Gasteiger charge is -2.11. The van der Waals surface area contributed by atoms with E-state index in [2.05, 4.69) is 26.2 Å². The number of hydrogen-bond acceptors (Lipinski definition) is 4. The van der Waals surface area contributed by atoms with E-state index >= 15 is 0 Å². The van der Waals surface area contributed by atoms with Gasteiger partial charge in [-0.05, 0) is 43.2 Å². The van der Waals surface area contributed by atoms with Crippen LogP contribution in [0, 0.1) is 0 Å². The summed E-state index contributed by atoms with van der Waals surface area (Å²) in [5.41, 5.74) is 2.31. The van der Waals surface area contributed by atoms with Gasteiger partial charge in [-0.1, -0.05) is 34.1 Å². The Bertz CT molecular complexity index is 773. The third-order valence-corrected chi connectivity index (χ3v) is 4.32. The van der Waals surface area contributed by atoms with E-state index in [0.717, 1.165) is 15.6 Å². The van der Waals surface area contributed by atoms with Crippen LogP contribution in [-0.2, 0) is 11.2 Å². The van der Waals surface area contributed by atoms with Gasteiger partial charge in [-0.25, -0.2) is 0 Å². The lowest BCUT2D eigenvalue weighted by Crippen LogP contribution is -2.33. The number of nitrogens with zero attached hydrogens (tertiary/aromatic N) is 1. The minimum Gasteiger partial charge on any atom is -0.493 e. The summed E-state index contributed by atoms with van der Waals surface area (Å²) in [6.07, 6.45) is 0.686. The van der Waals surface area contributed by atoms with Crippen molar-refractivity contribution in [3.8, 4) is 11.5 Å². The van der Waals surface area contributed by atoms with Crippen molar-refractivity contribution in [2.75, 3.05) is 27.3 Å². The number of carbonyl (C=O) groups is 1. The van der Waals surface area contributed by atoms with Crippen molar-refractivity contribution in [2.45, 2.75) is 13.3 Å². The van der Waals surface area contributed by atoms with Crippen LogP contribution in [0.2, 0.25) is 0 Å². The SMILES string of the molecule is CC/N=C(\C(=O)NCCc1ccc(OC)c(OC)c1)c1ccc(Br)cc1. The van der Waals surface area contributed by atoms with Crippen LogP contribution in [0.5, 0.6) is 11.5 Å². The van der Waals surface area contributed by atoms with E-state index in [1.807, 2.05) is 49.4 Å². The molecule has 26 heavy (non-hydrogen) atoms. The minimum atomic E-state index is -0.172. The maximum atomic E-state index is 12.5. The summed E-state index contributed by atoms with van der Waals surface area (Å²) >= 11 is 3.40. The summed E-state index contributed by atoms with van der Waals surface area (Å²) in [5.74, 6) is 1.20. The number of benzene rings is 2. The van der Waals surface area contributed by atoms with Crippen molar-refractivity contribution >= 4 is 27.5 Å². The van der Waals surface area contributed by atoms with Crippen molar-refractivity contribution < 1.29 is 14.3 Å². The van der Waals surface area contributed by atoms with Crippen LogP contribution in [0.1, 0.15) is 18.1 Å². The molecule has 0 heterocycles. The van der Waals surface area contributed by atoms with Crippen molar-refractivity contribution in [1.29, 1.82) is 0 Å². The number of rotatable bonds is 8. The lowest BCUT2D eigenvalue weighted by molar-refractivity contribution is -0.114. The Morgan fingerprint density at radius 3 is 2.38 bits per heavy atom. The zero-order valence-electron chi connectivity index (χ0n) is 15.2. The van der Waals surface area contributed by atoms with Gasteiger partial charge >= 0.3 is 0 Å². The van der Waals surface area contributed by atoms with Crippen molar-refractivity contribution in [3.63, 3.8) is 0 Å². The first-order valence-electron chi connectivity index (χ1n) is 8.38. The first kappa shape index (κ1) is 20.0. The molecule has 0 aromatic heterocycles. The van der Waals surface area contributed by atoms with Gasteiger partial charge < -0.3 is 14.8 Å². The molecule has 0 fully saturated rings. The normalized spacial score (nSPS) is 11.2. The van der Waals surface area contributed by atoms with Crippen molar-refractivity contribution in [3.05, 3.63) is 58.1 Å². The molecule has 0 saturated carbocycles. The van der Waals surface area contributed by atoms with Crippen LogP contribution >= 0.6 is 15.9 Å². The second kappa shape index (κ2) is 9.97. The molecular formula is C20H23BrN2O3. The Balaban J connectivity index is 2.00. The van der Waals surface area contributed by atoms with E-state index in [4.69, 9.17) is 9.47 Å². The number of amides is 1. The van der Waals surface area contributed by atoms with Crippen LogP contribution in [0.3, 0.4) is 0 Å². The molecule has 0 aliphatic rings. The molecule has 2 rings (SSSR count). The fourth-order valence-corrected chi connectivity index (χ4v) is 2.76. The highest BCUT2D eigenvalue weighted by Gasteiger charge is 2.13. The highest BCUT2D eigenvalue weighted by molar-refractivity contribution is 9.10. The van der Waals surface area contributed by atoms with Gasteiger partial charge in [-0.3, -0.25) is 9.79 Å². The summed E-state index contributed by atoms with van der Waals surface area (Å²) in [5, 5.41) is 2.94. The maximum Gasteiger partial charge on any atom is 0.270 e. The highest BCUT2D eigenvalue weighted by Crippen LogP contribution is 2.27. The summed E-state index contributed by atoms with van der Waals surface area (Å²) < 4.78 is 11.5. The summed E-state index contributed by atoms with van der Waals surface area (Å²) in [6, 6.07) is 13.3. The molecule has 6 heteroatoms. The molecule has 2 aromatic carbocycles. The number of carbonyl (C=O) groups excluding carboxylic acids is 1. The highest BCUT2D eigenvalue weighted by atomic mass is 79.9. The molecule has 0 saturated heterocycles. The third kappa shape index (κ3) is 5.33. The molecule has 0 aliphatic carbocycles. The fraction of sp³-hybridized carbons (Fsp3) is 0.300. The molecular weight excluding hydrogens is 396 g/mol. The average molecular weight is 419 g/mol. The number of hydrogen-bond donors (Lipinski definition) is 1. The topological polar surface area (TPSA) is 59.9 Å². The Kier molecular flexibility index (Phi) is 7.66. The van der Waals surface area contributed by atoms with Gasteiger partial charge in [0.25, 0.3) is 5.91 Å². The van der Waals surface area contributed by atoms with Crippen LogP contribution in [-0.4, -0.2) is 38.9 Å². The van der Waals surface area contributed by atoms with Crippen LogP contribution in [0.25, 0.3) is 0 Å². The number of methoxy groups -OCH3 is 2. The Hall–Kier alpha value is -2.34. The second-order valence-corrected chi connectivity index (χ2v) is 6.44. The predicted octanol–water partition coefficient (Wildman–Crippen LogP) is 3.63. The van der Waals surface area contributed by atoms with Gasteiger partial charge in [0.15, 0.2) is 11.5 Å². The third-order valence-electron chi connectivity index (χ3n) is 3.80. The molecule has 0 atom stereocenters. The Labute approximate surface area is 162 Å². The van der Waals surface area contributed by atoms with Crippen molar-refractivity contribution in [1.82, 2.24) is 5.32 Å². The van der Waals surface area contributed by atoms with Crippen LogP contribution in [0.15, 0.2) is 51.9 Å². The summed E-state index contributed by atoms with van der Waals surface area (Å²) in [7, 11) is 3.21. The van der Waals surface area contributed by atoms with E-state index < -0.39 is 0 Å². The fourth-order valence-electron chi connectivity index (χ4n) is 2.50. The molecule has 0 spiro atoms. The average Bonchev–Trinajstić information content (AvgIpc) is 2.66. The van der Waals surface area contributed by atoms with Gasteiger partial charge in [-0.2, -0.15) is 0 Å². The Morgan fingerprint density at radius 1 is 1.08 bits per heavy atom. The van der Waals surface area contributed by atoms with E-state index in [-0.39, 0.29) is 5.91 Å². The molecule has 2 aromatic rings. The van der Waals surface area contributed by atoms with Gasteiger partial charge in [0, 0.05) is 23.1 Å². The number of ether oxygens (including phenoxy) is 2. The standard InChI is InChI=1S/C20H23BrN2O3/c1-4-22-19(15-6-8-16(21)9-7-15)20(24)23-12-11-14-5-10-17(25-2)18(13-14)26-3/h5-10,13H,4,11-12H2,1-3H3,(H,23,24)/b22-19-. The van der Waals surface area contributed by atoms with E-state index in [9.17, 15) is 4.79 Å². The van der Waals surface area contributed by atoms with Crippen LogP contribution < -0.4 is 14.8 Å². The molecule has 0 bridgehead atoms. The molecule has 5 nitrogen and oxygen atoms in total. The van der Waals surface area contributed by atoms with Crippen LogP contribution in [0.4, 0.5) is 0 Å². The minimum absolute atomic E-state index is 0.172. The van der Waals surface area contributed by atoms with Gasteiger partial charge in [-0.15, -0.1) is 0 Å². The zero-order valence-corrected chi connectivity index (χ0v) is 16.8. The van der Waals surface area contributed by atoms with E-state index in [1.54, 1.807) is 14.2 Å². The number of halogens is 1. The predicted molar refractivity (Wildman–Crippen MR) is 107 cm³/mol. The van der Waals surface area contributed by atoms with E-state index in [0.29, 0.717) is 36.7 Å². The zero-order chi connectivity index (χ0) is 18.9. The molecule has 138 valence electrons. The van der Waals surface area contributed by atoms with Gasteiger partial charge in [0.1, 0.15) is 5.71 Å². The lowest BCUT2D eigenvalue weighted by atomic mass is 10.1. The maximum absolute atomic E-state index is 12.5. The molecule has 0 radical (unpaired) electrons. The van der Waals surface area contributed by atoms with E-state index in [1.165, 1.54) is 0 Å². The Morgan fingerprint density at radius 2 is 1.77 bits per heavy atom. The smallest absolute Gasteiger partial charge is 0.270 e. The second-order valence-electron chi connectivity index (χ2n) is 5.53. The molecule has 0 aliphatic heterocycles. The summed E-state index contributed by atoms with van der Waals surface area (Å²) in [6.45, 7) is 2.97. The monoisotopic (exact) mass is 418 g/mol. The quantitative estimate of drug-likeness (QED) is 0.665. The summed E-state index contributed by atoms with van der Waals surface area (Å²) in [4.78, 5) is 16.9. The first-order chi connectivity index (χ1) is 12.6. The molecule has 1 N–H and O–H groups in total. The van der Waals surface area contributed by atoms with Gasteiger partial charge in [0.05, 0.1) is 14.2 Å². The van der Waals surface area contributed by atoms with Gasteiger partial charge in [0.2, 0.25) is 0 Å². The van der Waals surface area contributed by atoms with Crippen molar-refractivity contribution in [2.24, 2.45) is 4.99 Å².